The second kappa shape index (κ2) is 10.1. The van der Waals surface area contributed by atoms with Crippen molar-refractivity contribution in [3.05, 3.63) is 59.7 Å². The van der Waals surface area contributed by atoms with E-state index in [9.17, 15) is 24.3 Å². The molecule has 2 heterocycles. The number of benzene rings is 2. The predicted octanol–water partition coefficient (Wildman–Crippen LogP) is 1.62. The predicted molar refractivity (Wildman–Crippen MR) is 124 cm³/mol. The van der Waals surface area contributed by atoms with Crippen LogP contribution in [0, 0.1) is 11.8 Å². The molecule has 0 aliphatic carbocycles. The Morgan fingerprint density at radius 3 is 2.60 bits per heavy atom. The van der Waals surface area contributed by atoms with Gasteiger partial charge >= 0.3 is 11.9 Å². The van der Waals surface area contributed by atoms with Crippen LogP contribution in [0.3, 0.4) is 0 Å². The van der Waals surface area contributed by atoms with E-state index in [-0.39, 0.29) is 36.9 Å². The number of amides is 2. The van der Waals surface area contributed by atoms with Crippen LogP contribution in [0.1, 0.15) is 29.3 Å². The minimum atomic E-state index is -1.23. The Balaban J connectivity index is 1.62. The Bertz CT molecular complexity index is 1150. The summed E-state index contributed by atoms with van der Waals surface area (Å²) in [5.41, 5.74) is 8.04. The highest BCUT2D eigenvalue weighted by Crippen LogP contribution is 2.37. The molecule has 10 heteroatoms. The first-order valence-electron chi connectivity index (χ1n) is 11.4. The number of carbonyl (C=O) groups excluding carboxylic acids is 3. The Labute approximate surface area is 202 Å². The molecule has 2 aromatic rings. The molecule has 3 N–H and O–H groups in total. The van der Waals surface area contributed by atoms with Crippen LogP contribution in [0.4, 0.5) is 5.69 Å². The van der Waals surface area contributed by atoms with Gasteiger partial charge < -0.3 is 19.5 Å². The molecular formula is C25H27N3O7. The molecule has 184 valence electrons. The second-order valence-corrected chi connectivity index (χ2v) is 8.43. The third kappa shape index (κ3) is 4.83. The molecule has 2 aromatic carbocycles. The van der Waals surface area contributed by atoms with E-state index in [0.29, 0.717) is 12.1 Å². The first kappa shape index (κ1) is 24.2. The minimum Gasteiger partial charge on any atom is -0.480 e. The van der Waals surface area contributed by atoms with Crippen molar-refractivity contribution in [3.8, 4) is 5.75 Å². The fourth-order valence-electron chi connectivity index (χ4n) is 4.62. The number of para-hydroxylation sites is 2. The molecule has 0 radical (unpaired) electrons. The largest absolute Gasteiger partial charge is 0.480 e. The summed E-state index contributed by atoms with van der Waals surface area (Å²) in [7, 11) is 0. The summed E-state index contributed by atoms with van der Waals surface area (Å²) in [5, 5.41) is 9.45. The topological polar surface area (TPSA) is 139 Å². The zero-order valence-corrected chi connectivity index (χ0v) is 19.3. The van der Waals surface area contributed by atoms with E-state index in [2.05, 4.69) is 0 Å². The van der Waals surface area contributed by atoms with Gasteiger partial charge in [-0.05, 0) is 37.1 Å². The molecule has 0 saturated carbocycles. The Morgan fingerprint density at radius 2 is 1.89 bits per heavy atom. The van der Waals surface area contributed by atoms with E-state index in [4.69, 9.17) is 15.2 Å². The van der Waals surface area contributed by atoms with E-state index in [0.717, 1.165) is 10.5 Å². The van der Waals surface area contributed by atoms with Gasteiger partial charge in [-0.25, -0.2) is 0 Å². The quantitative estimate of drug-likeness (QED) is 0.542. The maximum Gasteiger partial charge on any atom is 0.323 e. The molecule has 0 aromatic heterocycles. The highest BCUT2D eigenvalue weighted by Gasteiger charge is 2.46. The monoisotopic (exact) mass is 481 g/mol. The number of carboxylic acids is 1. The lowest BCUT2D eigenvalue weighted by atomic mass is 9.86. The fraction of sp³-hybridized carbons (Fsp3) is 0.360. The van der Waals surface area contributed by atoms with Gasteiger partial charge in [-0.3, -0.25) is 29.8 Å². The van der Waals surface area contributed by atoms with E-state index in [1.807, 2.05) is 12.1 Å². The zero-order chi connectivity index (χ0) is 25.1. The van der Waals surface area contributed by atoms with Crippen LogP contribution in [-0.2, 0) is 25.7 Å². The molecule has 35 heavy (non-hydrogen) atoms. The van der Waals surface area contributed by atoms with Crippen molar-refractivity contribution in [1.29, 1.82) is 0 Å². The maximum atomic E-state index is 13.7. The van der Waals surface area contributed by atoms with Crippen LogP contribution in [0.15, 0.2) is 48.5 Å². The number of rotatable bonds is 8. The lowest BCUT2D eigenvalue weighted by Gasteiger charge is -2.30. The number of esters is 1. The number of ether oxygens (including phenoxy) is 2. The number of carboxylic acid groups (broad SMARTS) is 1. The van der Waals surface area contributed by atoms with Crippen LogP contribution < -0.4 is 15.4 Å². The molecule has 0 fully saturated rings. The first-order chi connectivity index (χ1) is 16.8. The molecule has 0 spiro atoms. The zero-order valence-electron chi connectivity index (χ0n) is 19.3. The smallest absolute Gasteiger partial charge is 0.323 e. The number of aliphatic carboxylic acids is 1. The van der Waals surface area contributed by atoms with Gasteiger partial charge in [0.15, 0.2) is 6.23 Å². The fourth-order valence-corrected chi connectivity index (χ4v) is 4.62. The van der Waals surface area contributed by atoms with Gasteiger partial charge in [-0.1, -0.05) is 30.3 Å². The van der Waals surface area contributed by atoms with Gasteiger partial charge in [-0.2, -0.15) is 0 Å². The molecule has 4 rings (SSSR count). The number of hydrogen-bond donors (Lipinski definition) is 2. The molecule has 2 aliphatic heterocycles. The SMILES string of the molecule is CCOC(=O)C(CCN1Cc2ccccc2C1=O)[C@@H]1C(=O)N(CC(=O)O)c2ccccc2OC1N. The highest BCUT2D eigenvalue weighted by molar-refractivity contribution is 6.02. The summed E-state index contributed by atoms with van der Waals surface area (Å²) in [5.74, 6) is -4.73. The Morgan fingerprint density at radius 1 is 1.17 bits per heavy atom. The first-order valence-corrected chi connectivity index (χ1v) is 11.4. The average molecular weight is 482 g/mol. The number of fused-ring (bicyclic) bond motifs is 2. The molecule has 0 bridgehead atoms. The van der Waals surface area contributed by atoms with Gasteiger partial charge in [0.25, 0.3) is 5.91 Å². The van der Waals surface area contributed by atoms with Crippen molar-refractivity contribution in [2.75, 3.05) is 24.6 Å². The van der Waals surface area contributed by atoms with Crippen LogP contribution in [0.25, 0.3) is 0 Å². The van der Waals surface area contributed by atoms with Crippen LogP contribution in [0.2, 0.25) is 0 Å². The Hall–Kier alpha value is -3.92. The molecule has 0 saturated heterocycles. The standard InChI is InChI=1S/C25H27N3O7/c1-2-34-25(33)17(11-12-27-13-15-7-3-4-8-16(15)23(27)31)21-22(26)35-19-10-6-5-9-18(19)28(24(21)32)14-20(29)30/h3-10,17,21-22H,2,11-14,26H2,1H3,(H,29,30)/t17?,21-,22?/m0/s1. The molecule has 10 nitrogen and oxygen atoms in total. The van der Waals surface area contributed by atoms with Crippen molar-refractivity contribution in [2.24, 2.45) is 17.6 Å². The number of nitrogens with zero attached hydrogens (tertiary/aromatic N) is 2. The van der Waals surface area contributed by atoms with Gasteiger partial charge in [0.2, 0.25) is 5.91 Å². The normalized spacial score (nSPS) is 19.9. The summed E-state index contributed by atoms with van der Waals surface area (Å²) in [6, 6.07) is 13.7. The van der Waals surface area contributed by atoms with Crippen molar-refractivity contribution in [2.45, 2.75) is 26.1 Å². The van der Waals surface area contributed by atoms with Crippen LogP contribution >= 0.6 is 0 Å². The van der Waals surface area contributed by atoms with Crippen molar-refractivity contribution < 1.29 is 33.8 Å². The summed E-state index contributed by atoms with van der Waals surface area (Å²) in [6.07, 6.45) is -1.15. The van der Waals surface area contributed by atoms with Crippen LogP contribution in [0.5, 0.6) is 5.75 Å². The van der Waals surface area contributed by atoms with E-state index >= 15 is 0 Å². The van der Waals surface area contributed by atoms with E-state index in [1.54, 1.807) is 48.2 Å². The number of nitrogens with two attached hydrogens (primary N) is 1. The number of anilines is 1. The third-order valence-electron chi connectivity index (χ3n) is 6.25. The van der Waals surface area contributed by atoms with E-state index < -0.39 is 42.5 Å². The van der Waals surface area contributed by atoms with Crippen molar-refractivity contribution >= 4 is 29.4 Å². The van der Waals surface area contributed by atoms with Crippen LogP contribution in [-0.4, -0.2) is 59.7 Å². The third-order valence-corrected chi connectivity index (χ3v) is 6.25. The lowest BCUT2D eigenvalue weighted by Crippen LogP contribution is -2.51. The van der Waals surface area contributed by atoms with Crippen molar-refractivity contribution in [1.82, 2.24) is 4.90 Å². The number of hydrogen-bond acceptors (Lipinski definition) is 7. The molecule has 3 atom stereocenters. The molecule has 2 aliphatic rings. The van der Waals surface area contributed by atoms with Gasteiger partial charge in [0, 0.05) is 18.7 Å². The maximum absolute atomic E-state index is 13.7. The highest BCUT2D eigenvalue weighted by atomic mass is 16.5. The molecular weight excluding hydrogens is 454 g/mol. The van der Waals surface area contributed by atoms with Gasteiger partial charge in [0.1, 0.15) is 18.2 Å². The summed E-state index contributed by atoms with van der Waals surface area (Å²) in [4.78, 5) is 53.7. The summed E-state index contributed by atoms with van der Waals surface area (Å²) < 4.78 is 11.1. The molecule has 2 unspecified atom stereocenters. The molecule has 2 amide bonds. The van der Waals surface area contributed by atoms with Crippen molar-refractivity contribution in [3.63, 3.8) is 0 Å². The minimum absolute atomic E-state index is 0.0828. The van der Waals surface area contributed by atoms with Gasteiger partial charge in [0.05, 0.1) is 18.2 Å². The summed E-state index contributed by atoms with van der Waals surface area (Å²) in [6.45, 7) is 1.67. The summed E-state index contributed by atoms with van der Waals surface area (Å²) >= 11 is 0. The Kier molecular flexibility index (Phi) is 7.02. The van der Waals surface area contributed by atoms with Gasteiger partial charge in [-0.15, -0.1) is 0 Å². The average Bonchev–Trinajstić information content (AvgIpc) is 3.10. The second-order valence-electron chi connectivity index (χ2n) is 8.43. The van der Waals surface area contributed by atoms with E-state index in [1.165, 1.54) is 0 Å². The lowest BCUT2D eigenvalue weighted by molar-refractivity contribution is -0.155. The number of carbonyl (C=O) groups is 4.